The van der Waals surface area contributed by atoms with Crippen LogP contribution in [0.5, 0.6) is 0 Å². The van der Waals surface area contributed by atoms with Gasteiger partial charge in [0.25, 0.3) is 5.91 Å². The molecule has 0 atom stereocenters. The summed E-state index contributed by atoms with van der Waals surface area (Å²) in [5, 5.41) is 10.00. The van der Waals surface area contributed by atoms with Gasteiger partial charge in [0.05, 0.1) is 11.4 Å². The fourth-order valence-electron chi connectivity index (χ4n) is 2.27. The number of aromatic nitrogens is 2. The van der Waals surface area contributed by atoms with Gasteiger partial charge in [-0.1, -0.05) is 48.5 Å². The monoisotopic (exact) mass is 277 g/mol. The fraction of sp³-hybridized carbons (Fsp3) is 0.0588. The molecular formula is C17H15N3O. The molecule has 4 heteroatoms. The molecule has 0 bridgehead atoms. The van der Waals surface area contributed by atoms with E-state index in [1.165, 1.54) is 0 Å². The quantitative estimate of drug-likeness (QED) is 0.773. The highest BCUT2D eigenvalue weighted by molar-refractivity contribution is 6.00. The summed E-state index contributed by atoms with van der Waals surface area (Å²) in [5.41, 5.74) is 4.19. The molecule has 0 aliphatic carbocycles. The zero-order chi connectivity index (χ0) is 14.7. The molecule has 0 saturated heterocycles. The minimum atomic E-state index is -0.110. The Morgan fingerprint density at radius 2 is 1.76 bits per heavy atom. The Kier molecular flexibility index (Phi) is 3.51. The summed E-state index contributed by atoms with van der Waals surface area (Å²) in [5.74, 6) is -0.110. The van der Waals surface area contributed by atoms with Gasteiger partial charge in [0.2, 0.25) is 0 Å². The van der Waals surface area contributed by atoms with Crippen LogP contribution in [-0.2, 0) is 0 Å². The zero-order valence-corrected chi connectivity index (χ0v) is 11.6. The van der Waals surface area contributed by atoms with E-state index >= 15 is 0 Å². The number of benzene rings is 2. The molecule has 21 heavy (non-hydrogen) atoms. The van der Waals surface area contributed by atoms with E-state index in [9.17, 15) is 4.79 Å². The van der Waals surface area contributed by atoms with Gasteiger partial charge in [-0.25, -0.2) is 0 Å². The predicted molar refractivity (Wildman–Crippen MR) is 82.8 cm³/mol. The maximum absolute atomic E-state index is 11.9. The maximum atomic E-state index is 11.9. The molecule has 0 fully saturated rings. The highest BCUT2D eigenvalue weighted by atomic mass is 16.1. The number of amides is 1. The highest BCUT2D eigenvalue weighted by Crippen LogP contribution is 2.26. The van der Waals surface area contributed by atoms with Crippen molar-refractivity contribution in [3.8, 4) is 22.5 Å². The van der Waals surface area contributed by atoms with Crippen LogP contribution in [0, 0.1) is 0 Å². The molecule has 104 valence electrons. The second-order valence-corrected chi connectivity index (χ2v) is 4.66. The molecule has 0 unspecified atom stereocenters. The van der Waals surface area contributed by atoms with Crippen LogP contribution in [0.1, 0.15) is 10.4 Å². The average molecular weight is 277 g/mol. The number of carbonyl (C=O) groups is 1. The Morgan fingerprint density at radius 3 is 2.52 bits per heavy atom. The van der Waals surface area contributed by atoms with Crippen LogP contribution in [0.25, 0.3) is 22.5 Å². The lowest BCUT2D eigenvalue weighted by atomic mass is 10.0. The lowest BCUT2D eigenvalue weighted by Gasteiger charge is -2.05. The number of nitrogens with one attached hydrogen (secondary N) is 2. The maximum Gasteiger partial charge on any atom is 0.251 e. The van der Waals surface area contributed by atoms with Crippen molar-refractivity contribution in [3.05, 3.63) is 66.2 Å². The second-order valence-electron chi connectivity index (χ2n) is 4.66. The van der Waals surface area contributed by atoms with Gasteiger partial charge in [-0.05, 0) is 12.1 Å². The minimum Gasteiger partial charge on any atom is -0.355 e. The standard InChI is InChI=1S/C17H15N3O/c1-18-17(21)14-10-6-5-9-13(14)16-11-15(19-20-16)12-7-3-2-4-8-12/h2-11H,1H3,(H,18,21)(H,19,20). The van der Waals surface area contributed by atoms with Crippen LogP contribution >= 0.6 is 0 Å². The molecular weight excluding hydrogens is 262 g/mol. The molecule has 3 aromatic rings. The molecule has 1 heterocycles. The number of H-pyrrole nitrogens is 1. The van der Waals surface area contributed by atoms with Crippen LogP contribution in [0.4, 0.5) is 0 Å². The predicted octanol–water partition coefficient (Wildman–Crippen LogP) is 3.10. The average Bonchev–Trinajstić information content (AvgIpc) is 3.05. The smallest absolute Gasteiger partial charge is 0.251 e. The molecule has 0 spiro atoms. The molecule has 2 N–H and O–H groups in total. The third-order valence-electron chi connectivity index (χ3n) is 3.34. The largest absolute Gasteiger partial charge is 0.355 e. The van der Waals surface area contributed by atoms with Gasteiger partial charge in [0, 0.05) is 23.7 Å². The Balaban J connectivity index is 2.03. The van der Waals surface area contributed by atoms with Crippen molar-refractivity contribution in [3.63, 3.8) is 0 Å². The minimum absolute atomic E-state index is 0.110. The summed E-state index contributed by atoms with van der Waals surface area (Å²) in [6.45, 7) is 0. The van der Waals surface area contributed by atoms with Crippen molar-refractivity contribution in [1.82, 2.24) is 15.5 Å². The first kappa shape index (κ1) is 13.1. The first-order valence-electron chi connectivity index (χ1n) is 6.72. The van der Waals surface area contributed by atoms with Crippen LogP contribution < -0.4 is 5.32 Å². The van der Waals surface area contributed by atoms with Crippen LogP contribution in [-0.4, -0.2) is 23.2 Å². The Hall–Kier alpha value is -2.88. The van der Waals surface area contributed by atoms with Gasteiger partial charge in [0.15, 0.2) is 0 Å². The second kappa shape index (κ2) is 5.63. The SMILES string of the molecule is CNC(=O)c1ccccc1-c1cc(-c2ccccc2)n[nH]1. The van der Waals surface area contributed by atoms with Gasteiger partial charge < -0.3 is 5.32 Å². The first-order chi connectivity index (χ1) is 10.3. The fourth-order valence-corrected chi connectivity index (χ4v) is 2.27. The molecule has 4 nitrogen and oxygen atoms in total. The van der Waals surface area contributed by atoms with Gasteiger partial charge in [-0.3, -0.25) is 9.89 Å². The Labute approximate surface area is 122 Å². The molecule has 0 aliphatic heterocycles. The lowest BCUT2D eigenvalue weighted by molar-refractivity contribution is 0.0963. The summed E-state index contributed by atoms with van der Waals surface area (Å²) in [6, 6.07) is 19.4. The van der Waals surface area contributed by atoms with Crippen molar-refractivity contribution in [2.24, 2.45) is 0 Å². The molecule has 0 radical (unpaired) electrons. The van der Waals surface area contributed by atoms with Crippen molar-refractivity contribution in [2.45, 2.75) is 0 Å². The Bertz CT molecular complexity index is 762. The topological polar surface area (TPSA) is 57.8 Å². The summed E-state index contributed by atoms with van der Waals surface area (Å²) >= 11 is 0. The normalized spacial score (nSPS) is 10.3. The van der Waals surface area contributed by atoms with E-state index < -0.39 is 0 Å². The van der Waals surface area contributed by atoms with Gasteiger partial charge in [-0.2, -0.15) is 5.10 Å². The van der Waals surface area contributed by atoms with E-state index in [1.54, 1.807) is 13.1 Å². The van der Waals surface area contributed by atoms with E-state index in [1.807, 2.05) is 54.6 Å². The molecule has 2 aromatic carbocycles. The Morgan fingerprint density at radius 1 is 1.05 bits per heavy atom. The van der Waals surface area contributed by atoms with Gasteiger partial charge >= 0.3 is 0 Å². The molecule has 0 saturated carbocycles. The molecule has 1 aromatic heterocycles. The molecule has 1 amide bonds. The van der Waals surface area contributed by atoms with Crippen molar-refractivity contribution >= 4 is 5.91 Å². The summed E-state index contributed by atoms with van der Waals surface area (Å²) in [7, 11) is 1.63. The number of nitrogens with zero attached hydrogens (tertiary/aromatic N) is 1. The van der Waals surface area contributed by atoms with Crippen molar-refractivity contribution in [1.29, 1.82) is 0 Å². The van der Waals surface area contributed by atoms with Crippen LogP contribution in [0.3, 0.4) is 0 Å². The van der Waals surface area contributed by atoms with Crippen molar-refractivity contribution in [2.75, 3.05) is 7.05 Å². The molecule has 0 aliphatic rings. The number of hydrogen-bond acceptors (Lipinski definition) is 2. The summed E-state index contributed by atoms with van der Waals surface area (Å²) < 4.78 is 0. The number of hydrogen-bond donors (Lipinski definition) is 2. The van der Waals surface area contributed by atoms with Crippen molar-refractivity contribution < 1.29 is 4.79 Å². The van der Waals surface area contributed by atoms with Gasteiger partial charge in [-0.15, -0.1) is 0 Å². The van der Waals surface area contributed by atoms with E-state index in [0.717, 1.165) is 22.5 Å². The number of carbonyl (C=O) groups excluding carboxylic acids is 1. The number of aromatic amines is 1. The number of rotatable bonds is 3. The summed E-state index contributed by atoms with van der Waals surface area (Å²) in [4.78, 5) is 11.9. The van der Waals surface area contributed by atoms with E-state index in [2.05, 4.69) is 15.5 Å². The van der Waals surface area contributed by atoms with E-state index in [4.69, 9.17) is 0 Å². The van der Waals surface area contributed by atoms with E-state index in [0.29, 0.717) is 5.56 Å². The highest BCUT2D eigenvalue weighted by Gasteiger charge is 2.13. The van der Waals surface area contributed by atoms with Crippen LogP contribution in [0.2, 0.25) is 0 Å². The van der Waals surface area contributed by atoms with Gasteiger partial charge in [0.1, 0.15) is 0 Å². The zero-order valence-electron chi connectivity index (χ0n) is 11.6. The lowest BCUT2D eigenvalue weighted by Crippen LogP contribution is -2.18. The van der Waals surface area contributed by atoms with E-state index in [-0.39, 0.29) is 5.91 Å². The third kappa shape index (κ3) is 2.56. The third-order valence-corrected chi connectivity index (χ3v) is 3.34. The molecule has 3 rings (SSSR count). The van der Waals surface area contributed by atoms with Crippen LogP contribution in [0.15, 0.2) is 60.7 Å². The summed E-state index contributed by atoms with van der Waals surface area (Å²) in [6.07, 6.45) is 0. The first-order valence-corrected chi connectivity index (χ1v) is 6.72.